The zero-order chi connectivity index (χ0) is 26.3. The van der Waals surface area contributed by atoms with Crippen LogP contribution in [0.15, 0.2) is 30.5 Å². The van der Waals surface area contributed by atoms with Gasteiger partial charge in [-0.2, -0.15) is 0 Å². The number of hydrogen-bond donors (Lipinski definition) is 3. The smallest absolute Gasteiger partial charge is 0.263 e. The minimum absolute atomic E-state index is 0.0257. The average molecular weight is 538 g/mol. The van der Waals surface area contributed by atoms with Gasteiger partial charge in [0.05, 0.1) is 35.0 Å². The molecule has 2 unspecified atom stereocenters. The number of hydrogen-bond acceptors (Lipinski definition) is 8. The average Bonchev–Trinajstić information content (AvgIpc) is 3.23. The lowest BCUT2D eigenvalue weighted by molar-refractivity contribution is -0.118. The van der Waals surface area contributed by atoms with E-state index < -0.39 is 6.10 Å². The number of methoxy groups -OCH3 is 1. The van der Waals surface area contributed by atoms with E-state index in [-0.39, 0.29) is 24.0 Å². The van der Waals surface area contributed by atoms with Gasteiger partial charge in [0, 0.05) is 36.3 Å². The number of halogens is 1. The number of fused-ring (bicyclic) bond motifs is 6. The summed E-state index contributed by atoms with van der Waals surface area (Å²) in [5, 5.41) is 18.6. The second-order valence-corrected chi connectivity index (χ2v) is 11.1. The van der Waals surface area contributed by atoms with E-state index in [4.69, 9.17) is 21.1 Å². The van der Waals surface area contributed by atoms with Gasteiger partial charge in [-0.3, -0.25) is 9.78 Å². The van der Waals surface area contributed by atoms with Crippen molar-refractivity contribution in [1.82, 2.24) is 20.3 Å². The largest absolute Gasteiger partial charge is 0.481 e. The van der Waals surface area contributed by atoms with E-state index in [1.807, 2.05) is 18.2 Å². The summed E-state index contributed by atoms with van der Waals surface area (Å²) in [5.74, 6) is 2.08. The van der Waals surface area contributed by atoms with E-state index >= 15 is 0 Å². The second kappa shape index (κ2) is 10.3. The van der Waals surface area contributed by atoms with Crippen molar-refractivity contribution in [2.75, 3.05) is 19.0 Å². The maximum absolute atomic E-state index is 11.7. The Kier molecular flexibility index (Phi) is 6.84. The predicted molar refractivity (Wildman–Crippen MR) is 143 cm³/mol. The molecule has 3 fully saturated rings. The highest BCUT2D eigenvalue weighted by Crippen LogP contribution is 2.47. The number of pyridine rings is 3. The lowest BCUT2D eigenvalue weighted by atomic mass is 9.75. The molecule has 2 atom stereocenters. The molecule has 2 bridgehead atoms. The van der Waals surface area contributed by atoms with Crippen LogP contribution in [-0.2, 0) is 17.8 Å². The number of ether oxygens (including phenoxy) is 2. The van der Waals surface area contributed by atoms with Gasteiger partial charge in [-0.25, -0.2) is 9.97 Å². The summed E-state index contributed by atoms with van der Waals surface area (Å²) in [4.78, 5) is 25.2. The van der Waals surface area contributed by atoms with Crippen molar-refractivity contribution < 1.29 is 19.4 Å². The Balaban J connectivity index is 1.14. The Hall–Kier alpha value is -3.01. The molecule has 1 aliphatic heterocycles. The van der Waals surface area contributed by atoms with Crippen LogP contribution in [0.1, 0.15) is 49.8 Å². The molecule has 3 aromatic rings. The van der Waals surface area contributed by atoms with Gasteiger partial charge in [0.1, 0.15) is 0 Å². The molecule has 0 spiro atoms. The van der Waals surface area contributed by atoms with Crippen LogP contribution in [0.2, 0.25) is 5.02 Å². The Morgan fingerprint density at radius 2 is 2.03 bits per heavy atom. The lowest BCUT2D eigenvalue weighted by Crippen LogP contribution is -2.46. The second-order valence-electron chi connectivity index (χ2n) is 10.7. The van der Waals surface area contributed by atoms with Crippen LogP contribution in [0.4, 0.5) is 5.82 Å². The monoisotopic (exact) mass is 537 g/mol. The highest BCUT2D eigenvalue weighted by atomic mass is 35.5. The van der Waals surface area contributed by atoms with Gasteiger partial charge in [-0.05, 0) is 68.6 Å². The summed E-state index contributed by atoms with van der Waals surface area (Å²) in [7, 11) is 1.58. The van der Waals surface area contributed by atoms with Crippen LogP contribution in [0.5, 0.6) is 11.6 Å². The van der Waals surface area contributed by atoms with Crippen LogP contribution in [0, 0.1) is 11.8 Å². The Labute approximate surface area is 226 Å². The van der Waals surface area contributed by atoms with Crippen molar-refractivity contribution in [3.05, 3.63) is 46.7 Å². The Morgan fingerprint density at radius 3 is 2.84 bits per heavy atom. The number of aliphatic hydroxyl groups is 1. The summed E-state index contributed by atoms with van der Waals surface area (Å²) in [6.45, 7) is 0.644. The molecule has 0 aromatic carbocycles. The lowest BCUT2D eigenvalue weighted by Gasteiger charge is -2.38. The van der Waals surface area contributed by atoms with Gasteiger partial charge in [0.2, 0.25) is 5.88 Å². The number of aliphatic hydroxyl groups excluding tert-OH is 1. The molecule has 10 heteroatoms. The maximum atomic E-state index is 11.7. The number of nitrogens with one attached hydrogen (secondary N) is 2. The molecule has 3 saturated carbocycles. The van der Waals surface area contributed by atoms with Crippen LogP contribution in [-0.4, -0.2) is 51.3 Å². The molecule has 7 rings (SSSR count). The van der Waals surface area contributed by atoms with E-state index in [0.29, 0.717) is 46.9 Å². The molecular formula is C28H32ClN5O4. The Morgan fingerprint density at radius 1 is 1.21 bits per heavy atom. The predicted octanol–water partition coefficient (Wildman–Crippen LogP) is 4.05. The molecule has 200 valence electrons. The summed E-state index contributed by atoms with van der Waals surface area (Å²) in [5.41, 5.74) is 3.15. The van der Waals surface area contributed by atoms with E-state index in [0.717, 1.165) is 55.3 Å². The summed E-state index contributed by atoms with van der Waals surface area (Å²) in [6.07, 6.45) is 7.80. The van der Waals surface area contributed by atoms with Crippen molar-refractivity contribution in [2.45, 2.75) is 63.1 Å². The fraction of sp³-hybridized carbons (Fsp3) is 0.500. The number of nitrogens with zero attached hydrogens (tertiary/aromatic N) is 3. The highest BCUT2D eigenvalue weighted by molar-refractivity contribution is 6.32. The van der Waals surface area contributed by atoms with Gasteiger partial charge in [0.25, 0.3) is 5.91 Å². The maximum Gasteiger partial charge on any atom is 0.263 e. The van der Waals surface area contributed by atoms with Crippen LogP contribution in [0.25, 0.3) is 11.0 Å². The Bertz CT molecular complexity index is 1360. The van der Waals surface area contributed by atoms with E-state index in [2.05, 4.69) is 25.6 Å². The molecule has 3 N–H and O–H groups in total. The zero-order valence-electron chi connectivity index (χ0n) is 21.4. The third kappa shape index (κ3) is 4.90. The summed E-state index contributed by atoms with van der Waals surface area (Å²) < 4.78 is 10.7. The van der Waals surface area contributed by atoms with Crippen LogP contribution >= 0.6 is 11.6 Å². The van der Waals surface area contributed by atoms with Gasteiger partial charge in [0.15, 0.2) is 18.2 Å². The molecule has 4 aliphatic rings. The van der Waals surface area contributed by atoms with Gasteiger partial charge in [-0.1, -0.05) is 11.6 Å². The number of carbonyl (C=O) groups excluding carboxylic acids is 1. The molecule has 1 amide bonds. The minimum atomic E-state index is -0.518. The van der Waals surface area contributed by atoms with Gasteiger partial charge >= 0.3 is 0 Å². The fourth-order valence-electron chi connectivity index (χ4n) is 6.45. The van der Waals surface area contributed by atoms with E-state index in [1.54, 1.807) is 19.4 Å². The van der Waals surface area contributed by atoms with Crippen molar-refractivity contribution in [3.8, 4) is 11.6 Å². The number of anilines is 1. The first-order valence-corrected chi connectivity index (χ1v) is 13.6. The minimum Gasteiger partial charge on any atom is -0.481 e. The molecule has 3 aliphatic carbocycles. The van der Waals surface area contributed by atoms with Crippen LogP contribution < -0.4 is 20.1 Å². The molecular weight excluding hydrogens is 506 g/mol. The van der Waals surface area contributed by atoms with Crippen molar-refractivity contribution in [2.24, 2.45) is 11.8 Å². The van der Waals surface area contributed by atoms with Crippen molar-refractivity contribution in [3.63, 3.8) is 0 Å². The molecule has 0 radical (unpaired) electrons. The number of rotatable bonds is 7. The topological polar surface area (TPSA) is 118 Å². The van der Waals surface area contributed by atoms with Crippen molar-refractivity contribution >= 4 is 34.4 Å². The first-order chi connectivity index (χ1) is 18.4. The number of amides is 1. The fourth-order valence-corrected chi connectivity index (χ4v) is 6.66. The van der Waals surface area contributed by atoms with E-state index in [9.17, 15) is 9.90 Å². The van der Waals surface area contributed by atoms with Crippen molar-refractivity contribution in [1.29, 1.82) is 0 Å². The third-order valence-electron chi connectivity index (χ3n) is 8.58. The third-order valence-corrected chi connectivity index (χ3v) is 8.91. The van der Waals surface area contributed by atoms with Gasteiger partial charge in [-0.15, -0.1) is 0 Å². The molecule has 4 heterocycles. The summed E-state index contributed by atoms with van der Waals surface area (Å²) >= 11 is 6.57. The number of carbonyl (C=O) groups is 1. The highest BCUT2D eigenvalue weighted by Gasteiger charge is 2.43. The first kappa shape index (κ1) is 25.3. The molecule has 38 heavy (non-hydrogen) atoms. The van der Waals surface area contributed by atoms with Gasteiger partial charge < -0.3 is 25.2 Å². The zero-order valence-corrected chi connectivity index (χ0v) is 22.1. The molecule has 3 aromatic heterocycles. The molecule has 9 nitrogen and oxygen atoms in total. The standard InChI is InChI=1S/C28H32ClN5O4/c1-37-25-5-3-21-26(34-25)19(20(29)14-30-21)12-22(35)18-8-11-28(9-6-16(18)7-10-28)31-13-17-2-4-23-27(32-17)33-24(36)15-38-23/h2-5,14,16,18,22,31,35H,6-13,15H2,1H3,(H,32,33,36). The number of aromatic nitrogens is 3. The SMILES string of the molecule is COc1ccc2ncc(Cl)c(CC(O)C3CCC4(NCc5ccc6c(n5)NC(=O)CO6)CCC3CC4)c2n1. The quantitative estimate of drug-likeness (QED) is 0.413. The normalized spacial score (nSPS) is 25.3. The van der Waals surface area contributed by atoms with E-state index in [1.165, 1.54) is 0 Å². The first-order valence-electron chi connectivity index (χ1n) is 13.3. The summed E-state index contributed by atoms with van der Waals surface area (Å²) in [6, 6.07) is 7.46. The van der Waals surface area contributed by atoms with Crippen LogP contribution in [0.3, 0.4) is 0 Å². The molecule has 0 saturated heterocycles.